The molecule has 3 aliphatic rings. The molecule has 4 heteroatoms. The van der Waals surface area contributed by atoms with Gasteiger partial charge in [-0.15, -0.1) is 11.3 Å². The Morgan fingerprint density at radius 2 is 2.10 bits per heavy atom. The molecule has 3 saturated heterocycles. The van der Waals surface area contributed by atoms with E-state index in [0.717, 1.165) is 28.2 Å². The second kappa shape index (κ2) is 5.49. The van der Waals surface area contributed by atoms with Gasteiger partial charge in [0.15, 0.2) is 5.78 Å². The summed E-state index contributed by atoms with van der Waals surface area (Å²) in [6.45, 7) is 3.62. The summed E-state index contributed by atoms with van der Waals surface area (Å²) in [5.74, 6) is 1.70. The van der Waals surface area contributed by atoms with Crippen LogP contribution < -0.4 is 0 Å². The Labute approximate surface area is 137 Å². The van der Waals surface area contributed by atoms with Gasteiger partial charge < -0.3 is 4.90 Å². The highest BCUT2D eigenvalue weighted by Gasteiger charge is 2.35. The quantitative estimate of drug-likeness (QED) is 0.743. The molecule has 0 radical (unpaired) electrons. The van der Waals surface area contributed by atoms with E-state index in [9.17, 15) is 4.79 Å². The van der Waals surface area contributed by atoms with Gasteiger partial charge in [-0.3, -0.25) is 4.79 Å². The maximum absolute atomic E-state index is 12.6. The molecule has 1 aromatic heterocycles. The number of benzene rings is 1. The molecule has 0 aliphatic carbocycles. The van der Waals surface area contributed by atoms with Gasteiger partial charge in [0.05, 0.1) is 4.88 Å². The molecule has 0 amide bonds. The van der Waals surface area contributed by atoms with Crippen LogP contribution in [0, 0.1) is 11.8 Å². The summed E-state index contributed by atoms with van der Waals surface area (Å²) >= 11 is 5.13. The van der Waals surface area contributed by atoms with Crippen LogP contribution in [0.4, 0.5) is 0 Å². The molecule has 5 rings (SSSR count). The fourth-order valence-corrected chi connectivity index (χ4v) is 5.36. The summed E-state index contributed by atoms with van der Waals surface area (Å²) in [5, 5.41) is 1.18. The van der Waals surface area contributed by atoms with Crippen LogP contribution >= 0.6 is 27.3 Å². The molecule has 4 heterocycles. The molecular formula is C17H18BrNOS. The normalized spacial score (nSPS) is 28.1. The van der Waals surface area contributed by atoms with Crippen LogP contribution in [0.25, 0.3) is 10.1 Å². The second-order valence-corrected chi connectivity index (χ2v) is 8.32. The van der Waals surface area contributed by atoms with E-state index in [1.54, 1.807) is 11.3 Å². The molecule has 2 aromatic rings. The van der Waals surface area contributed by atoms with Crippen molar-refractivity contribution in [2.45, 2.75) is 19.3 Å². The van der Waals surface area contributed by atoms with Crippen LogP contribution in [0.1, 0.15) is 28.9 Å². The number of carbonyl (C=O) groups is 1. The van der Waals surface area contributed by atoms with Crippen LogP contribution in [-0.4, -0.2) is 30.3 Å². The number of rotatable bonds is 3. The summed E-state index contributed by atoms with van der Waals surface area (Å²) < 4.78 is 2.27. The first kappa shape index (κ1) is 13.9. The summed E-state index contributed by atoms with van der Waals surface area (Å²) in [4.78, 5) is 16.1. The first-order valence-corrected chi connectivity index (χ1v) is 9.24. The Balaban J connectivity index is 1.53. The lowest BCUT2D eigenvalue weighted by Gasteiger charge is -2.44. The Morgan fingerprint density at radius 1 is 1.29 bits per heavy atom. The average molecular weight is 364 g/mol. The predicted molar refractivity (Wildman–Crippen MR) is 91.1 cm³/mol. The number of hydrogen-bond donors (Lipinski definition) is 0. The van der Waals surface area contributed by atoms with E-state index < -0.39 is 0 Å². The van der Waals surface area contributed by atoms with E-state index in [1.807, 2.05) is 6.07 Å². The lowest BCUT2D eigenvalue weighted by Crippen LogP contribution is -2.47. The summed E-state index contributed by atoms with van der Waals surface area (Å²) in [5.41, 5.74) is 0. The third kappa shape index (κ3) is 2.69. The van der Waals surface area contributed by atoms with Gasteiger partial charge in [-0.05, 0) is 61.4 Å². The van der Waals surface area contributed by atoms with Crippen molar-refractivity contribution in [3.63, 3.8) is 0 Å². The minimum atomic E-state index is 0.339. The molecule has 0 N–H and O–H groups in total. The maximum atomic E-state index is 12.6. The number of nitrogens with zero attached hydrogens (tertiary/aromatic N) is 1. The Morgan fingerprint density at radius 3 is 2.81 bits per heavy atom. The van der Waals surface area contributed by atoms with Crippen molar-refractivity contribution in [2.24, 2.45) is 11.8 Å². The van der Waals surface area contributed by atoms with Crippen LogP contribution in [0.5, 0.6) is 0 Å². The fourth-order valence-electron chi connectivity index (χ4n) is 3.80. The monoisotopic (exact) mass is 363 g/mol. The van der Waals surface area contributed by atoms with Crippen molar-refractivity contribution < 1.29 is 4.79 Å². The van der Waals surface area contributed by atoms with Gasteiger partial charge in [0.2, 0.25) is 0 Å². The van der Waals surface area contributed by atoms with Crippen LogP contribution in [0.15, 0.2) is 28.7 Å². The van der Waals surface area contributed by atoms with Gasteiger partial charge in [-0.1, -0.05) is 22.0 Å². The number of fused-ring (bicyclic) bond motifs is 4. The Bertz CT molecular complexity index is 687. The zero-order valence-corrected chi connectivity index (χ0v) is 14.3. The van der Waals surface area contributed by atoms with Gasteiger partial charge >= 0.3 is 0 Å². The largest absolute Gasteiger partial charge is 0.303 e. The molecule has 2 bridgehead atoms. The van der Waals surface area contributed by atoms with Gasteiger partial charge in [-0.25, -0.2) is 0 Å². The van der Waals surface area contributed by atoms with E-state index in [1.165, 1.54) is 36.0 Å². The molecule has 1 aromatic carbocycles. The Hall–Kier alpha value is -0.710. The van der Waals surface area contributed by atoms with Gasteiger partial charge in [0.25, 0.3) is 0 Å². The number of piperidine rings is 3. The number of thiophene rings is 1. The highest BCUT2D eigenvalue weighted by molar-refractivity contribution is 9.10. The highest BCUT2D eigenvalue weighted by Crippen LogP contribution is 2.36. The smallest absolute Gasteiger partial charge is 0.173 e. The molecule has 0 saturated carbocycles. The molecule has 3 aliphatic heterocycles. The van der Waals surface area contributed by atoms with Crippen LogP contribution in [0.3, 0.4) is 0 Å². The standard InChI is InChI=1S/C17H18BrNOS/c18-14-2-1-12-8-17(21-16(12)9-14)15(20)7-13-10-19-5-3-11(13)4-6-19/h1-2,8-9,11,13H,3-7,10H2/t13-/m0/s1. The highest BCUT2D eigenvalue weighted by atomic mass is 79.9. The van der Waals surface area contributed by atoms with E-state index in [2.05, 4.69) is 39.0 Å². The first-order chi connectivity index (χ1) is 10.2. The number of carbonyl (C=O) groups excluding carboxylic acids is 1. The predicted octanol–water partition coefficient (Wildman–Crippen LogP) is 4.58. The molecule has 21 heavy (non-hydrogen) atoms. The summed E-state index contributed by atoms with van der Waals surface area (Å²) in [6.07, 6.45) is 3.31. The Kier molecular flexibility index (Phi) is 3.64. The molecular weight excluding hydrogens is 346 g/mol. The summed E-state index contributed by atoms with van der Waals surface area (Å²) in [7, 11) is 0. The van der Waals surface area contributed by atoms with Crippen molar-refractivity contribution in [1.29, 1.82) is 0 Å². The molecule has 3 fully saturated rings. The van der Waals surface area contributed by atoms with Crippen molar-refractivity contribution in [2.75, 3.05) is 19.6 Å². The van der Waals surface area contributed by atoms with Crippen molar-refractivity contribution in [3.8, 4) is 0 Å². The molecule has 0 spiro atoms. The van der Waals surface area contributed by atoms with Crippen molar-refractivity contribution in [1.82, 2.24) is 4.90 Å². The van der Waals surface area contributed by atoms with E-state index >= 15 is 0 Å². The average Bonchev–Trinajstić information content (AvgIpc) is 2.91. The minimum Gasteiger partial charge on any atom is -0.303 e. The molecule has 110 valence electrons. The van der Waals surface area contributed by atoms with E-state index in [0.29, 0.717) is 11.7 Å². The van der Waals surface area contributed by atoms with Gasteiger partial charge in [0, 0.05) is 22.1 Å². The van der Waals surface area contributed by atoms with Gasteiger partial charge in [0.1, 0.15) is 0 Å². The molecule has 0 unspecified atom stereocenters. The molecule has 1 atom stereocenters. The third-order valence-electron chi connectivity index (χ3n) is 5.00. The number of halogens is 1. The molecule has 2 nitrogen and oxygen atoms in total. The van der Waals surface area contributed by atoms with Crippen LogP contribution in [0.2, 0.25) is 0 Å². The fraction of sp³-hybridized carbons (Fsp3) is 0.471. The number of hydrogen-bond acceptors (Lipinski definition) is 3. The second-order valence-electron chi connectivity index (χ2n) is 6.32. The van der Waals surface area contributed by atoms with Crippen LogP contribution in [-0.2, 0) is 0 Å². The van der Waals surface area contributed by atoms with Gasteiger partial charge in [-0.2, -0.15) is 0 Å². The minimum absolute atomic E-state index is 0.339. The number of Topliss-reactive ketones (excluding diaryl/α,β-unsaturated/α-hetero) is 1. The van der Waals surface area contributed by atoms with E-state index in [-0.39, 0.29) is 0 Å². The maximum Gasteiger partial charge on any atom is 0.173 e. The zero-order valence-electron chi connectivity index (χ0n) is 11.8. The SMILES string of the molecule is O=C(C[C@H]1CN2CCC1CC2)c1cc2ccc(Br)cc2s1. The zero-order chi connectivity index (χ0) is 14.4. The van der Waals surface area contributed by atoms with E-state index in [4.69, 9.17) is 0 Å². The lowest BCUT2D eigenvalue weighted by atomic mass is 9.76. The first-order valence-electron chi connectivity index (χ1n) is 7.64. The topological polar surface area (TPSA) is 20.3 Å². The third-order valence-corrected chi connectivity index (χ3v) is 6.63. The number of ketones is 1. The van der Waals surface area contributed by atoms with Crippen molar-refractivity contribution in [3.05, 3.63) is 33.6 Å². The lowest BCUT2D eigenvalue weighted by molar-refractivity contribution is 0.0442. The van der Waals surface area contributed by atoms with Crippen molar-refractivity contribution >= 4 is 43.1 Å². The summed E-state index contributed by atoms with van der Waals surface area (Å²) in [6, 6.07) is 8.29.